The molecule has 1 fully saturated rings. The van der Waals surface area contributed by atoms with E-state index in [0.717, 1.165) is 12.1 Å². The molecule has 1 aliphatic heterocycles. The maximum atomic E-state index is 12.8. The van der Waals surface area contributed by atoms with Crippen molar-refractivity contribution in [2.24, 2.45) is 0 Å². The van der Waals surface area contributed by atoms with Crippen LogP contribution in [0.3, 0.4) is 0 Å². The third-order valence-electron chi connectivity index (χ3n) is 3.49. The highest BCUT2D eigenvalue weighted by Gasteiger charge is 2.36. The number of ether oxygens (including phenoxy) is 1. The van der Waals surface area contributed by atoms with E-state index in [1.54, 1.807) is 6.92 Å². The average molecular weight is 329 g/mol. The van der Waals surface area contributed by atoms with Crippen LogP contribution in [0.2, 0.25) is 0 Å². The summed E-state index contributed by atoms with van der Waals surface area (Å²) in [6.45, 7) is 1.62. The van der Waals surface area contributed by atoms with Gasteiger partial charge in [0.1, 0.15) is 0 Å². The molecule has 0 spiro atoms. The zero-order valence-electron chi connectivity index (χ0n) is 12.1. The molecule has 0 bridgehead atoms. The van der Waals surface area contributed by atoms with E-state index in [2.05, 4.69) is 0 Å². The van der Waals surface area contributed by atoms with Gasteiger partial charge in [0.15, 0.2) is 6.10 Å². The number of halogens is 3. The van der Waals surface area contributed by atoms with Gasteiger partial charge in [-0.15, -0.1) is 0 Å². The molecule has 1 N–H and O–H groups in total. The normalized spacial score (nSPS) is 19.4. The van der Waals surface area contributed by atoms with Gasteiger partial charge in [-0.2, -0.15) is 13.2 Å². The molecule has 1 aromatic rings. The minimum atomic E-state index is -4.52. The lowest BCUT2D eigenvalue weighted by Crippen LogP contribution is -2.30. The molecule has 1 saturated heterocycles. The second-order valence-corrected chi connectivity index (χ2v) is 5.13. The summed E-state index contributed by atoms with van der Waals surface area (Å²) >= 11 is 0. The van der Waals surface area contributed by atoms with Crippen LogP contribution in [0.15, 0.2) is 24.3 Å². The Morgan fingerprint density at radius 2 is 2.09 bits per heavy atom. The van der Waals surface area contributed by atoms with Crippen molar-refractivity contribution in [3.05, 3.63) is 35.4 Å². The van der Waals surface area contributed by atoms with Crippen LogP contribution in [-0.4, -0.2) is 23.9 Å². The van der Waals surface area contributed by atoms with Crippen molar-refractivity contribution in [1.82, 2.24) is 5.32 Å². The molecule has 2 rings (SSSR count). The van der Waals surface area contributed by atoms with E-state index < -0.39 is 41.5 Å². The lowest BCUT2D eigenvalue weighted by molar-refractivity contribution is -0.155. The fourth-order valence-corrected chi connectivity index (χ4v) is 2.32. The Balaban J connectivity index is 2.17. The molecular formula is C15H14F3NO4. The van der Waals surface area contributed by atoms with Crippen LogP contribution >= 0.6 is 0 Å². The fraction of sp³-hybridized carbons (Fsp3) is 0.400. The molecule has 0 radical (unpaired) electrons. The SMILES string of the molecule is CCC(C(=O)OC1CC(=O)NC1=O)c1cccc(C(F)(F)F)c1. The molecule has 124 valence electrons. The molecule has 5 nitrogen and oxygen atoms in total. The average Bonchev–Trinajstić information content (AvgIpc) is 2.77. The van der Waals surface area contributed by atoms with E-state index in [9.17, 15) is 27.6 Å². The predicted octanol–water partition coefficient (Wildman–Crippen LogP) is 2.16. The largest absolute Gasteiger partial charge is 0.451 e. The van der Waals surface area contributed by atoms with Crippen LogP contribution in [0.4, 0.5) is 13.2 Å². The van der Waals surface area contributed by atoms with Crippen molar-refractivity contribution < 1.29 is 32.3 Å². The Kier molecular flexibility index (Phi) is 4.72. The summed E-state index contributed by atoms with van der Waals surface area (Å²) in [5.41, 5.74) is -0.716. The second kappa shape index (κ2) is 6.39. The summed E-state index contributed by atoms with van der Waals surface area (Å²) in [7, 11) is 0. The van der Waals surface area contributed by atoms with Gasteiger partial charge in [-0.05, 0) is 18.1 Å². The van der Waals surface area contributed by atoms with E-state index in [4.69, 9.17) is 4.74 Å². The van der Waals surface area contributed by atoms with Gasteiger partial charge in [-0.1, -0.05) is 25.1 Å². The molecule has 1 aliphatic rings. The van der Waals surface area contributed by atoms with Gasteiger partial charge in [0, 0.05) is 0 Å². The van der Waals surface area contributed by atoms with Crippen molar-refractivity contribution in [2.45, 2.75) is 38.0 Å². The maximum Gasteiger partial charge on any atom is 0.416 e. The van der Waals surface area contributed by atoms with Crippen molar-refractivity contribution in [3.8, 4) is 0 Å². The van der Waals surface area contributed by atoms with Crippen LogP contribution in [0.25, 0.3) is 0 Å². The quantitative estimate of drug-likeness (QED) is 0.679. The first-order valence-electron chi connectivity index (χ1n) is 6.93. The number of carbonyl (C=O) groups excluding carboxylic acids is 3. The molecule has 0 aromatic heterocycles. The van der Waals surface area contributed by atoms with Crippen LogP contribution in [0, 0.1) is 0 Å². The first-order chi connectivity index (χ1) is 10.7. The summed E-state index contributed by atoms with van der Waals surface area (Å²) < 4.78 is 43.2. The number of esters is 1. The Hall–Kier alpha value is -2.38. The van der Waals surface area contributed by atoms with Gasteiger partial charge in [0.05, 0.1) is 17.9 Å². The molecule has 2 unspecified atom stereocenters. The standard InChI is InChI=1S/C15H14F3NO4/c1-2-10(8-4-3-5-9(6-8)15(16,17)18)14(22)23-11-7-12(20)19-13(11)21/h3-6,10-11H,2,7H2,1H3,(H,19,20,21). The molecule has 0 aliphatic carbocycles. The lowest BCUT2D eigenvalue weighted by Gasteiger charge is -2.18. The maximum absolute atomic E-state index is 12.8. The molecule has 8 heteroatoms. The van der Waals surface area contributed by atoms with E-state index in [0.29, 0.717) is 0 Å². The van der Waals surface area contributed by atoms with Gasteiger partial charge < -0.3 is 4.74 Å². The molecular weight excluding hydrogens is 315 g/mol. The highest BCUT2D eigenvalue weighted by atomic mass is 19.4. The summed E-state index contributed by atoms with van der Waals surface area (Å²) in [6.07, 6.45) is -5.82. The monoisotopic (exact) mass is 329 g/mol. The topological polar surface area (TPSA) is 72.5 Å². The fourth-order valence-electron chi connectivity index (χ4n) is 2.32. The van der Waals surface area contributed by atoms with Crippen molar-refractivity contribution >= 4 is 17.8 Å². The lowest BCUT2D eigenvalue weighted by atomic mass is 9.95. The van der Waals surface area contributed by atoms with Gasteiger partial charge in [-0.25, -0.2) is 0 Å². The van der Waals surface area contributed by atoms with Crippen molar-refractivity contribution in [2.75, 3.05) is 0 Å². The highest BCUT2D eigenvalue weighted by molar-refractivity contribution is 6.05. The predicted molar refractivity (Wildman–Crippen MR) is 72.1 cm³/mol. The van der Waals surface area contributed by atoms with Crippen LogP contribution in [0.1, 0.15) is 36.8 Å². The number of amides is 2. The van der Waals surface area contributed by atoms with Gasteiger partial charge in [0.25, 0.3) is 5.91 Å². The van der Waals surface area contributed by atoms with E-state index in [1.807, 2.05) is 5.32 Å². The summed E-state index contributed by atoms with van der Waals surface area (Å²) in [4.78, 5) is 34.6. The Labute approximate surface area is 129 Å². The first-order valence-corrected chi connectivity index (χ1v) is 6.93. The van der Waals surface area contributed by atoms with Gasteiger partial charge in [-0.3, -0.25) is 19.7 Å². The Morgan fingerprint density at radius 3 is 2.61 bits per heavy atom. The highest BCUT2D eigenvalue weighted by Crippen LogP contribution is 2.32. The molecule has 2 atom stereocenters. The van der Waals surface area contributed by atoms with Crippen LogP contribution in [-0.2, 0) is 25.3 Å². The van der Waals surface area contributed by atoms with Gasteiger partial charge in [0.2, 0.25) is 5.91 Å². The molecule has 1 aromatic carbocycles. The van der Waals surface area contributed by atoms with E-state index in [1.165, 1.54) is 12.1 Å². The van der Waals surface area contributed by atoms with E-state index in [-0.39, 0.29) is 18.4 Å². The first kappa shape index (κ1) is 17.0. The van der Waals surface area contributed by atoms with E-state index >= 15 is 0 Å². The number of imide groups is 1. The molecule has 2 amide bonds. The molecule has 23 heavy (non-hydrogen) atoms. The Morgan fingerprint density at radius 1 is 1.39 bits per heavy atom. The number of carbonyl (C=O) groups is 3. The summed E-state index contributed by atoms with van der Waals surface area (Å²) in [6, 6.07) is 4.39. The number of alkyl halides is 3. The summed E-state index contributed by atoms with van der Waals surface area (Å²) in [5.74, 6) is -3.05. The zero-order chi connectivity index (χ0) is 17.2. The van der Waals surface area contributed by atoms with Crippen LogP contribution in [0.5, 0.6) is 0 Å². The number of nitrogens with one attached hydrogen (secondary N) is 1. The number of rotatable bonds is 4. The van der Waals surface area contributed by atoms with Gasteiger partial charge >= 0.3 is 12.1 Å². The Bertz CT molecular complexity index is 642. The molecule has 1 heterocycles. The third-order valence-corrected chi connectivity index (χ3v) is 3.49. The smallest absolute Gasteiger partial charge is 0.416 e. The molecule has 0 saturated carbocycles. The minimum absolute atomic E-state index is 0.150. The van der Waals surface area contributed by atoms with Crippen LogP contribution < -0.4 is 5.32 Å². The summed E-state index contributed by atoms with van der Waals surface area (Å²) in [5, 5.41) is 1.99. The van der Waals surface area contributed by atoms with Crippen molar-refractivity contribution in [3.63, 3.8) is 0 Å². The van der Waals surface area contributed by atoms with Crippen molar-refractivity contribution in [1.29, 1.82) is 0 Å². The number of hydrogen-bond acceptors (Lipinski definition) is 4. The minimum Gasteiger partial charge on any atom is -0.451 e. The third kappa shape index (κ3) is 3.88. The number of benzene rings is 1. The second-order valence-electron chi connectivity index (χ2n) is 5.13. The number of hydrogen-bond donors (Lipinski definition) is 1. The zero-order valence-corrected chi connectivity index (χ0v) is 12.1.